The van der Waals surface area contributed by atoms with Gasteiger partial charge in [-0.25, -0.2) is 9.59 Å². The van der Waals surface area contributed by atoms with Crippen LogP contribution in [0, 0.1) is 10.8 Å². The van der Waals surface area contributed by atoms with Gasteiger partial charge in [0, 0.05) is 11.6 Å². The number of hydrogen-bond acceptors (Lipinski definition) is 10. The molecule has 0 saturated heterocycles. The van der Waals surface area contributed by atoms with Gasteiger partial charge in [-0.3, -0.25) is 9.59 Å². The van der Waals surface area contributed by atoms with Crippen LogP contribution in [0.3, 0.4) is 0 Å². The lowest BCUT2D eigenvalue weighted by molar-refractivity contribution is -0.159. The molecule has 0 aromatic carbocycles. The van der Waals surface area contributed by atoms with Crippen LogP contribution in [0.4, 0.5) is 0 Å². The number of aliphatic hydroxyl groups excluding tert-OH is 2. The van der Waals surface area contributed by atoms with E-state index in [0.29, 0.717) is 0 Å². The molecule has 0 aliphatic heterocycles. The van der Waals surface area contributed by atoms with Crippen molar-refractivity contribution < 1.29 is 48.3 Å². The standard InChI is InChI=1S/C12H20O5.C11H18O5/c1-8(2)10(14)16-6-9(13)7-17-11(15)12(3,4)5;1-5-9(13)15-6-8(12)7-16-10(14)11(2,3)4/h9,13H,1,6-7H2,2-5H3;5,8,12H,1,6-7H2,2-4H3. The summed E-state index contributed by atoms with van der Waals surface area (Å²) in [5, 5.41) is 18.7. The first-order chi connectivity index (χ1) is 14.9. The Bertz CT molecular complexity index is 682. The van der Waals surface area contributed by atoms with Gasteiger partial charge in [0.1, 0.15) is 38.6 Å². The number of ether oxygens (including phenoxy) is 4. The van der Waals surface area contributed by atoms with Crippen LogP contribution in [-0.4, -0.2) is 72.7 Å². The molecule has 0 aliphatic carbocycles. The maximum absolute atomic E-state index is 11.4. The van der Waals surface area contributed by atoms with Crippen molar-refractivity contribution in [3.8, 4) is 0 Å². The third-order valence-corrected chi connectivity index (χ3v) is 3.38. The van der Waals surface area contributed by atoms with E-state index < -0.39 is 46.9 Å². The lowest BCUT2D eigenvalue weighted by Crippen LogP contribution is -2.30. The summed E-state index contributed by atoms with van der Waals surface area (Å²) in [6, 6.07) is 0. The number of esters is 4. The first-order valence-corrected chi connectivity index (χ1v) is 10.2. The number of carbonyl (C=O) groups excluding carboxylic acids is 4. The summed E-state index contributed by atoms with van der Waals surface area (Å²) in [5.41, 5.74) is -0.977. The maximum Gasteiger partial charge on any atom is 0.333 e. The van der Waals surface area contributed by atoms with Crippen molar-refractivity contribution in [3.63, 3.8) is 0 Å². The van der Waals surface area contributed by atoms with Gasteiger partial charge in [0.2, 0.25) is 0 Å². The Morgan fingerprint density at radius 1 is 0.758 bits per heavy atom. The van der Waals surface area contributed by atoms with Crippen LogP contribution in [0.5, 0.6) is 0 Å². The number of rotatable bonds is 10. The molecule has 190 valence electrons. The van der Waals surface area contributed by atoms with Gasteiger partial charge in [-0.1, -0.05) is 13.2 Å². The van der Waals surface area contributed by atoms with Crippen molar-refractivity contribution in [2.24, 2.45) is 10.8 Å². The Balaban J connectivity index is 0. The third kappa shape index (κ3) is 17.5. The van der Waals surface area contributed by atoms with E-state index in [4.69, 9.17) is 14.2 Å². The molecular weight excluding hydrogens is 436 g/mol. The van der Waals surface area contributed by atoms with Crippen LogP contribution < -0.4 is 0 Å². The summed E-state index contributed by atoms with van der Waals surface area (Å²) in [5.74, 6) is -2.03. The summed E-state index contributed by atoms with van der Waals surface area (Å²) < 4.78 is 19.0. The summed E-state index contributed by atoms with van der Waals surface area (Å²) in [6.45, 7) is 17.5. The highest BCUT2D eigenvalue weighted by molar-refractivity contribution is 5.86. The van der Waals surface area contributed by atoms with Gasteiger partial charge in [-0.05, 0) is 48.5 Å². The van der Waals surface area contributed by atoms with Gasteiger partial charge in [0.05, 0.1) is 10.8 Å². The van der Waals surface area contributed by atoms with Crippen LogP contribution in [0.2, 0.25) is 0 Å². The Labute approximate surface area is 195 Å². The second-order valence-corrected chi connectivity index (χ2v) is 9.22. The van der Waals surface area contributed by atoms with E-state index in [1.165, 1.54) is 6.92 Å². The molecule has 2 N–H and O–H groups in total. The van der Waals surface area contributed by atoms with E-state index in [1.54, 1.807) is 41.5 Å². The molecule has 0 bridgehead atoms. The molecule has 0 aromatic heterocycles. The fourth-order valence-corrected chi connectivity index (χ4v) is 1.41. The zero-order valence-electron chi connectivity index (χ0n) is 20.6. The van der Waals surface area contributed by atoms with E-state index in [0.717, 1.165) is 6.08 Å². The number of carbonyl (C=O) groups is 4. The van der Waals surface area contributed by atoms with Crippen molar-refractivity contribution in [3.05, 3.63) is 24.8 Å². The molecular formula is C23H38O10. The Hall–Kier alpha value is -2.72. The molecule has 0 amide bonds. The normalized spacial score (nSPS) is 12.8. The van der Waals surface area contributed by atoms with Gasteiger partial charge in [0.25, 0.3) is 0 Å². The van der Waals surface area contributed by atoms with Crippen molar-refractivity contribution >= 4 is 23.9 Å². The zero-order valence-corrected chi connectivity index (χ0v) is 20.6. The highest BCUT2D eigenvalue weighted by Crippen LogP contribution is 2.15. The van der Waals surface area contributed by atoms with Gasteiger partial charge < -0.3 is 29.2 Å². The fraction of sp³-hybridized carbons (Fsp3) is 0.652. The van der Waals surface area contributed by atoms with E-state index in [9.17, 15) is 29.4 Å². The largest absolute Gasteiger partial charge is 0.462 e. The first-order valence-electron chi connectivity index (χ1n) is 10.2. The second kappa shape index (κ2) is 15.2. The highest BCUT2D eigenvalue weighted by Gasteiger charge is 2.25. The van der Waals surface area contributed by atoms with Crippen molar-refractivity contribution in [1.29, 1.82) is 0 Å². The maximum atomic E-state index is 11.4. The zero-order chi connectivity index (χ0) is 26.4. The Kier molecular flexibility index (Phi) is 14.9. The number of hydrogen-bond donors (Lipinski definition) is 2. The molecule has 2 unspecified atom stereocenters. The summed E-state index contributed by atoms with van der Waals surface area (Å²) in [4.78, 5) is 44.3. The van der Waals surface area contributed by atoms with Crippen LogP contribution in [-0.2, 0) is 38.1 Å². The summed E-state index contributed by atoms with van der Waals surface area (Å²) >= 11 is 0. The lowest BCUT2D eigenvalue weighted by atomic mass is 9.97. The molecule has 0 aromatic rings. The molecule has 10 nitrogen and oxygen atoms in total. The SMILES string of the molecule is C=C(C)C(=O)OCC(O)COC(=O)C(C)(C)C.C=CC(=O)OCC(O)COC(=O)C(C)(C)C. The minimum Gasteiger partial charge on any atom is -0.462 e. The molecule has 0 heterocycles. The smallest absolute Gasteiger partial charge is 0.333 e. The van der Waals surface area contributed by atoms with Gasteiger partial charge in [-0.2, -0.15) is 0 Å². The van der Waals surface area contributed by atoms with Crippen LogP contribution in [0.25, 0.3) is 0 Å². The Morgan fingerprint density at radius 3 is 1.39 bits per heavy atom. The molecule has 0 saturated carbocycles. The van der Waals surface area contributed by atoms with E-state index in [2.05, 4.69) is 17.9 Å². The van der Waals surface area contributed by atoms with Crippen molar-refractivity contribution in [2.75, 3.05) is 26.4 Å². The van der Waals surface area contributed by atoms with Crippen molar-refractivity contribution in [1.82, 2.24) is 0 Å². The molecule has 0 aliphatic rings. The molecule has 10 heteroatoms. The minimum absolute atomic E-state index is 0.194. The van der Waals surface area contributed by atoms with Crippen molar-refractivity contribution in [2.45, 2.75) is 60.7 Å². The number of aliphatic hydroxyl groups is 2. The van der Waals surface area contributed by atoms with Crippen LogP contribution >= 0.6 is 0 Å². The predicted molar refractivity (Wildman–Crippen MR) is 120 cm³/mol. The van der Waals surface area contributed by atoms with Gasteiger partial charge in [-0.15, -0.1) is 0 Å². The topological polar surface area (TPSA) is 146 Å². The second-order valence-electron chi connectivity index (χ2n) is 9.22. The molecule has 33 heavy (non-hydrogen) atoms. The quantitative estimate of drug-likeness (QED) is 0.273. The minimum atomic E-state index is -1.02. The fourth-order valence-electron chi connectivity index (χ4n) is 1.41. The molecule has 0 spiro atoms. The third-order valence-electron chi connectivity index (χ3n) is 3.38. The molecule has 0 fully saturated rings. The summed E-state index contributed by atoms with van der Waals surface area (Å²) in [6.07, 6.45) is -1.05. The van der Waals surface area contributed by atoms with E-state index in [1.807, 2.05) is 0 Å². The average Bonchev–Trinajstić information content (AvgIpc) is 2.70. The van der Waals surface area contributed by atoms with E-state index in [-0.39, 0.29) is 32.0 Å². The van der Waals surface area contributed by atoms with Crippen LogP contribution in [0.1, 0.15) is 48.5 Å². The Morgan fingerprint density at radius 2 is 1.09 bits per heavy atom. The summed E-state index contributed by atoms with van der Waals surface area (Å²) in [7, 11) is 0. The predicted octanol–water partition coefficient (Wildman–Crippen LogP) is 1.72. The first kappa shape index (κ1) is 32.5. The lowest BCUT2D eigenvalue weighted by Gasteiger charge is -2.18. The van der Waals surface area contributed by atoms with Gasteiger partial charge >= 0.3 is 23.9 Å². The van der Waals surface area contributed by atoms with Gasteiger partial charge in [0.15, 0.2) is 0 Å². The highest BCUT2D eigenvalue weighted by atomic mass is 16.6. The van der Waals surface area contributed by atoms with Crippen LogP contribution in [0.15, 0.2) is 24.8 Å². The molecule has 0 rings (SSSR count). The average molecular weight is 475 g/mol. The van der Waals surface area contributed by atoms with E-state index >= 15 is 0 Å². The molecule has 2 atom stereocenters. The molecule has 0 radical (unpaired) electrons. The monoisotopic (exact) mass is 474 g/mol.